The summed E-state index contributed by atoms with van der Waals surface area (Å²) in [6.45, 7) is 11.2. The second-order valence-electron chi connectivity index (χ2n) is 10.4. The number of carbonyl (C=O) groups is 1. The molecular weight excluding hydrogens is 324 g/mol. The SMILES string of the molecule is CC1=C2C[C@H]3[C@@H](C[C@H](C)[C@@]4(C)CC5(CC[C@]34C)OCCO5)[C@@H]2CCC1=O. The fourth-order valence-electron chi connectivity index (χ4n) is 7.92. The van der Waals surface area contributed by atoms with Crippen molar-refractivity contribution < 1.29 is 14.3 Å². The van der Waals surface area contributed by atoms with Crippen molar-refractivity contribution in [2.45, 2.75) is 78.4 Å². The van der Waals surface area contributed by atoms with Crippen LogP contribution in [0.3, 0.4) is 0 Å². The molecule has 144 valence electrons. The molecule has 0 unspecified atom stereocenters. The largest absolute Gasteiger partial charge is 0.348 e. The molecule has 1 saturated heterocycles. The Morgan fingerprint density at radius 3 is 2.54 bits per heavy atom. The Kier molecular flexibility index (Phi) is 3.65. The van der Waals surface area contributed by atoms with Crippen LogP contribution in [0.25, 0.3) is 0 Å². The molecule has 4 fully saturated rings. The first-order valence-electron chi connectivity index (χ1n) is 10.8. The van der Waals surface area contributed by atoms with Gasteiger partial charge in [-0.05, 0) is 72.7 Å². The van der Waals surface area contributed by atoms with Crippen LogP contribution in [0, 0.1) is 34.5 Å². The Labute approximate surface area is 157 Å². The molecule has 3 nitrogen and oxygen atoms in total. The van der Waals surface area contributed by atoms with Gasteiger partial charge in [-0.3, -0.25) is 4.79 Å². The number of fused-ring (bicyclic) bond motifs is 5. The number of allylic oxidation sites excluding steroid dienone is 2. The summed E-state index contributed by atoms with van der Waals surface area (Å²) in [4.78, 5) is 12.3. The fourth-order valence-corrected chi connectivity index (χ4v) is 7.92. The van der Waals surface area contributed by atoms with Crippen LogP contribution in [-0.2, 0) is 14.3 Å². The van der Waals surface area contributed by atoms with E-state index in [1.807, 2.05) is 0 Å². The summed E-state index contributed by atoms with van der Waals surface area (Å²) in [5.74, 6) is 2.95. The van der Waals surface area contributed by atoms with Crippen LogP contribution in [0.4, 0.5) is 0 Å². The van der Waals surface area contributed by atoms with Crippen molar-refractivity contribution in [2.75, 3.05) is 13.2 Å². The summed E-state index contributed by atoms with van der Waals surface area (Å²) in [5, 5.41) is 0. The second-order valence-corrected chi connectivity index (χ2v) is 10.4. The van der Waals surface area contributed by atoms with Crippen LogP contribution >= 0.6 is 0 Å². The van der Waals surface area contributed by atoms with Gasteiger partial charge in [0, 0.05) is 19.3 Å². The maximum absolute atomic E-state index is 12.3. The predicted molar refractivity (Wildman–Crippen MR) is 101 cm³/mol. The molecule has 5 rings (SSSR count). The third-order valence-electron chi connectivity index (χ3n) is 9.82. The van der Waals surface area contributed by atoms with Gasteiger partial charge in [0.25, 0.3) is 0 Å². The van der Waals surface area contributed by atoms with Crippen LogP contribution in [0.5, 0.6) is 0 Å². The van der Waals surface area contributed by atoms with Crippen LogP contribution in [0.2, 0.25) is 0 Å². The Morgan fingerprint density at radius 2 is 1.81 bits per heavy atom. The lowest BCUT2D eigenvalue weighted by atomic mass is 9.42. The van der Waals surface area contributed by atoms with Gasteiger partial charge in [-0.25, -0.2) is 0 Å². The Bertz CT molecular complexity index is 673. The van der Waals surface area contributed by atoms with Gasteiger partial charge in [0.2, 0.25) is 0 Å². The van der Waals surface area contributed by atoms with Crippen LogP contribution < -0.4 is 0 Å². The van der Waals surface area contributed by atoms with Gasteiger partial charge in [-0.15, -0.1) is 0 Å². The minimum atomic E-state index is -0.314. The van der Waals surface area contributed by atoms with Crippen molar-refractivity contribution in [3.05, 3.63) is 11.1 Å². The van der Waals surface area contributed by atoms with Crippen molar-refractivity contribution in [1.82, 2.24) is 0 Å². The molecule has 3 heteroatoms. The minimum Gasteiger partial charge on any atom is -0.348 e. The van der Waals surface area contributed by atoms with Gasteiger partial charge in [0.15, 0.2) is 11.6 Å². The number of hydrogen-bond acceptors (Lipinski definition) is 3. The lowest BCUT2D eigenvalue weighted by molar-refractivity contribution is -0.259. The third kappa shape index (κ3) is 2.05. The standard InChI is InChI=1S/C23H34O3/c1-14-11-18-16-5-6-20(24)15(2)17(16)12-19(18)21(3)7-8-23(13-22(14,21)4)25-9-10-26-23/h14,16,18-19H,5-13H2,1-4H3/t14-,16+,18-,19-,21+,22+/m0/s1. The molecule has 0 aromatic heterocycles. The van der Waals surface area contributed by atoms with Crippen molar-refractivity contribution >= 4 is 5.78 Å². The number of Topliss-reactive ketones (excluding diaryl/α,β-unsaturated/α-hetero) is 1. The zero-order valence-electron chi connectivity index (χ0n) is 16.9. The summed E-state index contributed by atoms with van der Waals surface area (Å²) in [7, 11) is 0. The number of hydrogen-bond donors (Lipinski definition) is 0. The number of ketones is 1. The monoisotopic (exact) mass is 358 g/mol. The molecule has 1 heterocycles. The maximum atomic E-state index is 12.3. The van der Waals surface area contributed by atoms with E-state index in [2.05, 4.69) is 27.7 Å². The van der Waals surface area contributed by atoms with Crippen molar-refractivity contribution in [2.24, 2.45) is 34.5 Å². The normalized spacial score (nSPS) is 49.9. The molecule has 0 amide bonds. The summed E-state index contributed by atoms with van der Waals surface area (Å²) >= 11 is 0. The number of rotatable bonds is 0. The molecular formula is C23H34O3. The average Bonchev–Trinajstić information content (AvgIpc) is 3.20. The highest BCUT2D eigenvalue weighted by Crippen LogP contribution is 2.71. The molecule has 1 spiro atoms. The van der Waals surface area contributed by atoms with Crippen molar-refractivity contribution in [3.63, 3.8) is 0 Å². The van der Waals surface area contributed by atoms with Crippen LogP contribution in [0.15, 0.2) is 11.1 Å². The summed E-state index contributed by atoms with van der Waals surface area (Å²) in [6.07, 6.45) is 7.63. The zero-order chi connectivity index (χ0) is 18.3. The van der Waals surface area contributed by atoms with Crippen LogP contribution in [0.1, 0.15) is 72.6 Å². The maximum Gasteiger partial charge on any atom is 0.169 e. The molecule has 0 aromatic carbocycles. The first kappa shape index (κ1) is 17.4. The quantitative estimate of drug-likeness (QED) is 0.618. The summed E-state index contributed by atoms with van der Waals surface area (Å²) < 4.78 is 12.3. The average molecular weight is 359 g/mol. The smallest absolute Gasteiger partial charge is 0.169 e. The Hall–Kier alpha value is -0.670. The highest BCUT2D eigenvalue weighted by molar-refractivity contribution is 5.96. The zero-order valence-corrected chi connectivity index (χ0v) is 16.9. The molecule has 4 aliphatic carbocycles. The molecule has 0 aromatic rings. The Morgan fingerprint density at radius 1 is 1.08 bits per heavy atom. The van der Waals surface area contributed by atoms with Gasteiger partial charge in [0.05, 0.1) is 13.2 Å². The van der Waals surface area contributed by atoms with Gasteiger partial charge in [0.1, 0.15) is 0 Å². The first-order chi connectivity index (χ1) is 12.3. The predicted octanol–water partition coefficient (Wildman–Crippen LogP) is 4.90. The van der Waals surface area contributed by atoms with E-state index >= 15 is 0 Å². The molecule has 0 bridgehead atoms. The van der Waals surface area contributed by atoms with Crippen LogP contribution in [-0.4, -0.2) is 24.8 Å². The lowest BCUT2D eigenvalue weighted by Gasteiger charge is -2.64. The van der Waals surface area contributed by atoms with Crippen molar-refractivity contribution in [1.29, 1.82) is 0 Å². The van der Waals surface area contributed by atoms with Gasteiger partial charge in [-0.1, -0.05) is 26.3 Å². The van der Waals surface area contributed by atoms with E-state index in [1.165, 1.54) is 24.8 Å². The molecule has 26 heavy (non-hydrogen) atoms. The van der Waals surface area contributed by atoms with E-state index < -0.39 is 0 Å². The van der Waals surface area contributed by atoms with E-state index in [-0.39, 0.29) is 11.2 Å². The van der Waals surface area contributed by atoms with Gasteiger partial charge in [-0.2, -0.15) is 0 Å². The van der Waals surface area contributed by atoms with Crippen molar-refractivity contribution in [3.8, 4) is 0 Å². The molecule has 5 aliphatic rings. The van der Waals surface area contributed by atoms with E-state index in [0.29, 0.717) is 23.0 Å². The first-order valence-corrected chi connectivity index (χ1v) is 10.8. The molecule has 0 N–H and O–H groups in total. The molecule has 3 saturated carbocycles. The summed E-state index contributed by atoms with van der Waals surface area (Å²) in [6, 6.07) is 0. The topological polar surface area (TPSA) is 35.5 Å². The molecule has 0 radical (unpaired) electrons. The molecule has 6 atom stereocenters. The Balaban J connectivity index is 1.54. The highest BCUT2D eigenvalue weighted by Gasteiger charge is 2.66. The van der Waals surface area contributed by atoms with E-state index in [9.17, 15) is 4.79 Å². The van der Waals surface area contributed by atoms with E-state index in [1.54, 1.807) is 0 Å². The van der Waals surface area contributed by atoms with E-state index in [4.69, 9.17) is 9.47 Å². The lowest BCUT2D eigenvalue weighted by Crippen LogP contribution is -2.60. The number of carbonyl (C=O) groups excluding carboxylic acids is 1. The molecule has 1 aliphatic heterocycles. The van der Waals surface area contributed by atoms with Gasteiger partial charge >= 0.3 is 0 Å². The van der Waals surface area contributed by atoms with E-state index in [0.717, 1.165) is 56.3 Å². The van der Waals surface area contributed by atoms with Gasteiger partial charge < -0.3 is 9.47 Å². The third-order valence-corrected chi connectivity index (χ3v) is 9.82. The highest BCUT2D eigenvalue weighted by atomic mass is 16.7. The number of ether oxygens (including phenoxy) is 2. The fraction of sp³-hybridized carbons (Fsp3) is 0.870. The second kappa shape index (κ2) is 5.44. The summed E-state index contributed by atoms with van der Waals surface area (Å²) in [5.41, 5.74) is 3.22. The minimum absolute atomic E-state index is 0.253.